The molecular weight excluding hydrogens is 332 g/mol. The first kappa shape index (κ1) is 17.7. The van der Waals surface area contributed by atoms with Crippen LogP contribution in [0.1, 0.15) is 22.4 Å². The topological polar surface area (TPSA) is 40.6 Å². The lowest BCUT2D eigenvalue weighted by Crippen LogP contribution is -2.38. The third kappa shape index (κ3) is 4.69. The van der Waals surface area contributed by atoms with Gasteiger partial charge in [0.2, 0.25) is 11.8 Å². The van der Waals surface area contributed by atoms with Crippen LogP contribution in [0.5, 0.6) is 0 Å². The number of amides is 2. The second-order valence-corrected chi connectivity index (χ2v) is 7.51. The first-order chi connectivity index (χ1) is 12.1. The van der Waals surface area contributed by atoms with Crippen LogP contribution in [-0.4, -0.2) is 47.8 Å². The molecule has 4 nitrogen and oxygen atoms in total. The van der Waals surface area contributed by atoms with Gasteiger partial charge in [-0.05, 0) is 35.9 Å². The number of nitrogens with zero attached hydrogens (tertiary/aromatic N) is 2. The van der Waals surface area contributed by atoms with Crippen molar-refractivity contribution in [3.8, 4) is 0 Å². The predicted molar refractivity (Wildman–Crippen MR) is 101 cm³/mol. The molecule has 1 aromatic heterocycles. The first-order valence-electron chi connectivity index (χ1n) is 8.76. The second-order valence-electron chi connectivity index (χ2n) is 6.47. The van der Waals surface area contributed by atoms with Gasteiger partial charge >= 0.3 is 0 Å². The fraction of sp³-hybridized carbons (Fsp3) is 0.400. The summed E-state index contributed by atoms with van der Waals surface area (Å²) < 4.78 is 0. The van der Waals surface area contributed by atoms with Crippen LogP contribution in [0.4, 0.5) is 0 Å². The van der Waals surface area contributed by atoms with Gasteiger partial charge in [-0.3, -0.25) is 9.59 Å². The van der Waals surface area contributed by atoms with E-state index in [1.165, 1.54) is 0 Å². The van der Waals surface area contributed by atoms with E-state index in [1.807, 2.05) is 58.5 Å². The number of hydrogen-bond donors (Lipinski definition) is 0. The van der Waals surface area contributed by atoms with Gasteiger partial charge in [-0.2, -0.15) is 0 Å². The monoisotopic (exact) mass is 356 g/mol. The summed E-state index contributed by atoms with van der Waals surface area (Å²) in [5, 5.41) is 2.00. The molecule has 0 saturated carbocycles. The van der Waals surface area contributed by atoms with Crippen LogP contribution >= 0.6 is 11.3 Å². The molecule has 25 heavy (non-hydrogen) atoms. The Hall–Kier alpha value is -2.14. The van der Waals surface area contributed by atoms with Crippen molar-refractivity contribution < 1.29 is 9.59 Å². The molecule has 0 bridgehead atoms. The molecule has 0 atom stereocenters. The van der Waals surface area contributed by atoms with Gasteiger partial charge in [0.1, 0.15) is 0 Å². The third-order valence-electron chi connectivity index (χ3n) is 4.71. The van der Waals surface area contributed by atoms with Gasteiger partial charge in [-0.25, -0.2) is 0 Å². The number of aryl methyl sites for hydroxylation is 1. The summed E-state index contributed by atoms with van der Waals surface area (Å²) in [5.74, 6) is 0.317. The van der Waals surface area contributed by atoms with Crippen LogP contribution < -0.4 is 0 Å². The van der Waals surface area contributed by atoms with E-state index >= 15 is 0 Å². The SMILES string of the molecule is Cc1ccccc1CC(=O)N1CCCN(C(=O)Cc2cccs2)CC1. The molecule has 0 spiro atoms. The van der Waals surface area contributed by atoms with Crippen LogP contribution in [0.3, 0.4) is 0 Å². The lowest BCUT2D eigenvalue weighted by molar-refractivity contribution is -0.132. The largest absolute Gasteiger partial charge is 0.341 e. The maximum Gasteiger partial charge on any atom is 0.227 e. The van der Waals surface area contributed by atoms with Crippen molar-refractivity contribution in [1.29, 1.82) is 0 Å². The molecule has 1 aromatic carbocycles. The van der Waals surface area contributed by atoms with Crippen molar-refractivity contribution in [3.63, 3.8) is 0 Å². The quantitative estimate of drug-likeness (QED) is 0.845. The van der Waals surface area contributed by atoms with E-state index in [2.05, 4.69) is 0 Å². The Labute approximate surface area is 153 Å². The van der Waals surface area contributed by atoms with Gasteiger partial charge in [0.05, 0.1) is 12.8 Å². The summed E-state index contributed by atoms with van der Waals surface area (Å²) in [6, 6.07) is 12.0. The molecule has 3 rings (SSSR count). The minimum atomic E-state index is 0.154. The van der Waals surface area contributed by atoms with Crippen molar-refractivity contribution in [2.24, 2.45) is 0 Å². The zero-order valence-electron chi connectivity index (χ0n) is 14.6. The Morgan fingerprint density at radius 1 is 0.920 bits per heavy atom. The van der Waals surface area contributed by atoms with Crippen LogP contribution in [0.15, 0.2) is 41.8 Å². The van der Waals surface area contributed by atoms with E-state index in [0.29, 0.717) is 25.9 Å². The van der Waals surface area contributed by atoms with Gasteiger partial charge in [-0.1, -0.05) is 30.3 Å². The van der Waals surface area contributed by atoms with E-state index in [1.54, 1.807) is 11.3 Å². The molecule has 1 aliphatic heterocycles. The van der Waals surface area contributed by atoms with Crippen molar-refractivity contribution in [1.82, 2.24) is 9.80 Å². The van der Waals surface area contributed by atoms with Crippen molar-refractivity contribution in [2.75, 3.05) is 26.2 Å². The maximum atomic E-state index is 12.6. The average Bonchev–Trinajstić information content (AvgIpc) is 2.98. The van der Waals surface area contributed by atoms with Crippen LogP contribution in [0.25, 0.3) is 0 Å². The molecule has 132 valence electrons. The molecule has 0 aliphatic carbocycles. The molecule has 2 aromatic rings. The van der Waals surface area contributed by atoms with Gasteiger partial charge in [0.15, 0.2) is 0 Å². The summed E-state index contributed by atoms with van der Waals surface area (Å²) in [5.41, 5.74) is 2.24. The summed E-state index contributed by atoms with van der Waals surface area (Å²) in [7, 11) is 0. The van der Waals surface area contributed by atoms with Gasteiger partial charge in [0.25, 0.3) is 0 Å². The molecule has 1 fully saturated rings. The Balaban J connectivity index is 1.55. The van der Waals surface area contributed by atoms with E-state index in [9.17, 15) is 9.59 Å². The molecule has 5 heteroatoms. The van der Waals surface area contributed by atoms with Crippen LogP contribution in [-0.2, 0) is 22.4 Å². The van der Waals surface area contributed by atoms with Crippen LogP contribution in [0, 0.1) is 6.92 Å². The van der Waals surface area contributed by atoms with Gasteiger partial charge in [0, 0.05) is 31.1 Å². The smallest absolute Gasteiger partial charge is 0.227 e. The highest BCUT2D eigenvalue weighted by Gasteiger charge is 2.22. The lowest BCUT2D eigenvalue weighted by atomic mass is 10.1. The molecule has 0 radical (unpaired) electrons. The molecule has 0 N–H and O–H groups in total. The number of carbonyl (C=O) groups is 2. The summed E-state index contributed by atoms with van der Waals surface area (Å²) >= 11 is 1.62. The highest BCUT2D eigenvalue weighted by Crippen LogP contribution is 2.14. The predicted octanol–water partition coefficient (Wildman–Crippen LogP) is 2.90. The maximum absolute atomic E-state index is 12.6. The number of hydrogen-bond acceptors (Lipinski definition) is 3. The van der Waals surface area contributed by atoms with Crippen molar-refractivity contribution in [3.05, 3.63) is 57.8 Å². The Morgan fingerprint density at radius 3 is 2.24 bits per heavy atom. The highest BCUT2D eigenvalue weighted by molar-refractivity contribution is 7.10. The molecule has 1 aliphatic rings. The number of benzene rings is 1. The van der Waals surface area contributed by atoms with Gasteiger partial charge < -0.3 is 9.80 Å². The Morgan fingerprint density at radius 2 is 1.60 bits per heavy atom. The number of rotatable bonds is 4. The molecule has 2 heterocycles. The first-order valence-corrected chi connectivity index (χ1v) is 9.64. The Kier molecular flexibility index (Phi) is 5.87. The van der Waals surface area contributed by atoms with E-state index < -0.39 is 0 Å². The highest BCUT2D eigenvalue weighted by atomic mass is 32.1. The summed E-state index contributed by atoms with van der Waals surface area (Å²) in [6.45, 7) is 4.76. The zero-order chi connectivity index (χ0) is 17.6. The molecule has 1 saturated heterocycles. The number of thiophene rings is 1. The number of carbonyl (C=O) groups excluding carboxylic acids is 2. The Bertz CT molecular complexity index is 727. The fourth-order valence-electron chi connectivity index (χ4n) is 3.17. The summed E-state index contributed by atoms with van der Waals surface area (Å²) in [4.78, 5) is 30.0. The summed E-state index contributed by atoms with van der Waals surface area (Å²) in [6.07, 6.45) is 1.75. The van der Waals surface area contributed by atoms with Crippen LogP contribution in [0.2, 0.25) is 0 Å². The third-order valence-corrected chi connectivity index (χ3v) is 5.59. The molecule has 0 unspecified atom stereocenters. The lowest BCUT2D eigenvalue weighted by Gasteiger charge is -2.22. The average molecular weight is 356 g/mol. The van der Waals surface area contributed by atoms with Crippen molar-refractivity contribution >= 4 is 23.2 Å². The van der Waals surface area contributed by atoms with E-state index in [0.717, 1.165) is 35.5 Å². The standard InChI is InChI=1S/C20H24N2O2S/c1-16-6-2-3-7-17(16)14-19(23)21-9-5-10-22(12-11-21)20(24)15-18-8-4-13-25-18/h2-4,6-8,13H,5,9-12,14-15H2,1H3. The normalized spacial score (nSPS) is 15.1. The van der Waals surface area contributed by atoms with E-state index in [-0.39, 0.29) is 11.8 Å². The molecule has 2 amide bonds. The molecular formula is C20H24N2O2S. The van der Waals surface area contributed by atoms with Gasteiger partial charge in [-0.15, -0.1) is 11.3 Å². The second kappa shape index (κ2) is 8.30. The van der Waals surface area contributed by atoms with Crippen molar-refractivity contribution in [2.45, 2.75) is 26.2 Å². The minimum absolute atomic E-state index is 0.154. The van der Waals surface area contributed by atoms with E-state index in [4.69, 9.17) is 0 Å². The minimum Gasteiger partial charge on any atom is -0.341 e. The zero-order valence-corrected chi connectivity index (χ0v) is 15.4. The fourth-order valence-corrected chi connectivity index (χ4v) is 3.87.